The van der Waals surface area contributed by atoms with Crippen molar-refractivity contribution in [3.8, 4) is 0 Å². The van der Waals surface area contributed by atoms with Crippen molar-refractivity contribution in [2.75, 3.05) is 0 Å². The van der Waals surface area contributed by atoms with Crippen molar-refractivity contribution in [2.45, 2.75) is 57.0 Å². The highest BCUT2D eigenvalue weighted by Gasteiger charge is 2.51. The summed E-state index contributed by atoms with van der Waals surface area (Å²) in [6, 6.07) is -0.302. The van der Waals surface area contributed by atoms with Gasteiger partial charge in [-0.3, -0.25) is 9.59 Å². The zero-order valence-corrected chi connectivity index (χ0v) is 13.0. The van der Waals surface area contributed by atoms with Gasteiger partial charge in [0.1, 0.15) is 0 Å². The second-order valence-electron chi connectivity index (χ2n) is 7.53. The minimum Gasteiger partial charge on any atom is -0.481 e. The molecule has 124 valence electrons. The van der Waals surface area contributed by atoms with Crippen molar-refractivity contribution >= 4 is 11.9 Å². The highest BCUT2D eigenvalue weighted by molar-refractivity contribution is 5.80. The fourth-order valence-electron chi connectivity index (χ4n) is 4.62. The van der Waals surface area contributed by atoms with Crippen LogP contribution in [0.3, 0.4) is 0 Å². The van der Waals surface area contributed by atoms with E-state index in [1.165, 1.54) is 19.3 Å². The van der Waals surface area contributed by atoms with Gasteiger partial charge in [-0.2, -0.15) is 0 Å². The van der Waals surface area contributed by atoms with E-state index < -0.39 is 11.9 Å². The zero-order chi connectivity index (χ0) is 16.0. The highest BCUT2D eigenvalue weighted by atomic mass is 16.4. The van der Waals surface area contributed by atoms with Crippen molar-refractivity contribution in [1.29, 1.82) is 0 Å². The lowest BCUT2D eigenvalue weighted by Gasteiger charge is -2.53. The third-order valence-corrected chi connectivity index (χ3v) is 6.13. The topological polar surface area (TPSA) is 97.1 Å². The molecule has 3 aliphatic rings. The van der Waals surface area contributed by atoms with E-state index in [1.807, 2.05) is 0 Å². The molecule has 1 unspecified atom stereocenters. The lowest BCUT2D eigenvalue weighted by molar-refractivity contribution is -0.142. The Labute approximate surface area is 134 Å². The van der Waals surface area contributed by atoms with E-state index in [0.717, 1.165) is 12.8 Å². The molecule has 1 amide bonds. The smallest absolute Gasteiger partial charge is 0.306 e. The lowest BCUT2D eigenvalue weighted by atomic mass is 9.51. The molecule has 0 saturated heterocycles. The molecular formula is C16H22N4O3. The van der Waals surface area contributed by atoms with E-state index in [4.69, 9.17) is 0 Å². The molecule has 0 aliphatic heterocycles. The van der Waals surface area contributed by atoms with Crippen molar-refractivity contribution < 1.29 is 14.7 Å². The molecule has 7 heteroatoms. The first-order chi connectivity index (χ1) is 11.1. The summed E-state index contributed by atoms with van der Waals surface area (Å²) in [7, 11) is 0. The van der Waals surface area contributed by atoms with Crippen LogP contribution in [-0.2, 0) is 9.59 Å². The number of carbonyl (C=O) groups is 2. The molecule has 0 radical (unpaired) electrons. The average molecular weight is 318 g/mol. The van der Waals surface area contributed by atoms with Crippen molar-refractivity contribution in [2.24, 2.45) is 17.3 Å². The number of aromatic nitrogens is 3. The number of hydrogen-bond donors (Lipinski definition) is 2. The Hall–Kier alpha value is -1.92. The fraction of sp³-hybridized carbons (Fsp3) is 0.750. The molecular weight excluding hydrogens is 296 g/mol. The first-order valence-corrected chi connectivity index (χ1v) is 8.45. The molecule has 3 atom stereocenters. The predicted molar refractivity (Wildman–Crippen MR) is 80.4 cm³/mol. The third-order valence-electron chi connectivity index (χ3n) is 6.13. The fourth-order valence-corrected chi connectivity index (χ4v) is 4.62. The number of carboxylic acid groups (broad SMARTS) is 1. The van der Waals surface area contributed by atoms with Crippen LogP contribution in [0.25, 0.3) is 0 Å². The minimum absolute atomic E-state index is 0.0867. The second kappa shape index (κ2) is 5.32. The van der Waals surface area contributed by atoms with E-state index >= 15 is 0 Å². The summed E-state index contributed by atoms with van der Waals surface area (Å²) in [5, 5.41) is 20.2. The van der Waals surface area contributed by atoms with Gasteiger partial charge in [0.05, 0.1) is 24.2 Å². The zero-order valence-electron chi connectivity index (χ0n) is 13.0. The van der Waals surface area contributed by atoms with Gasteiger partial charge in [0.25, 0.3) is 0 Å². The molecule has 3 fully saturated rings. The van der Waals surface area contributed by atoms with E-state index in [-0.39, 0.29) is 23.9 Å². The molecule has 0 bridgehead atoms. The van der Waals surface area contributed by atoms with Crippen molar-refractivity contribution in [1.82, 2.24) is 20.3 Å². The normalized spacial score (nSPS) is 32.3. The van der Waals surface area contributed by atoms with Gasteiger partial charge in [0, 0.05) is 12.1 Å². The summed E-state index contributed by atoms with van der Waals surface area (Å²) in [4.78, 5) is 23.8. The summed E-state index contributed by atoms with van der Waals surface area (Å²) >= 11 is 0. The summed E-state index contributed by atoms with van der Waals surface area (Å²) in [6.07, 6.45) is 10.1. The van der Waals surface area contributed by atoms with E-state index in [9.17, 15) is 14.7 Å². The van der Waals surface area contributed by atoms with Crippen LogP contribution in [0.15, 0.2) is 12.4 Å². The van der Waals surface area contributed by atoms with Crippen LogP contribution in [0.5, 0.6) is 0 Å². The Kier molecular flexibility index (Phi) is 3.39. The maximum atomic E-state index is 12.5. The number of nitrogens with zero attached hydrogens (tertiary/aromatic N) is 3. The molecule has 2 N–H and O–H groups in total. The third kappa shape index (κ3) is 2.52. The van der Waals surface area contributed by atoms with Gasteiger partial charge in [-0.25, -0.2) is 4.68 Å². The first kappa shape index (κ1) is 14.7. The summed E-state index contributed by atoms with van der Waals surface area (Å²) in [5.41, 5.74) is 0.465. The molecule has 1 heterocycles. The number of rotatable bonds is 4. The van der Waals surface area contributed by atoms with Crippen LogP contribution >= 0.6 is 0 Å². The Bertz CT molecular complexity index is 603. The number of hydrogen-bond acceptors (Lipinski definition) is 4. The van der Waals surface area contributed by atoms with Crippen LogP contribution < -0.4 is 5.32 Å². The van der Waals surface area contributed by atoms with Gasteiger partial charge >= 0.3 is 5.97 Å². The van der Waals surface area contributed by atoms with Crippen LogP contribution in [0, 0.1) is 17.3 Å². The number of nitrogens with one attached hydrogen (secondary N) is 1. The molecule has 3 aliphatic carbocycles. The average Bonchev–Trinajstić information content (AvgIpc) is 3.03. The second-order valence-corrected chi connectivity index (χ2v) is 7.53. The SMILES string of the molecule is O=C(O)C1C[C@@H](NC(=O)C2CC3(CCC3)C2)[C@@H](n2ccnn2)C1. The summed E-state index contributed by atoms with van der Waals surface area (Å²) in [5.74, 6) is -1.04. The molecule has 1 aromatic rings. The lowest BCUT2D eigenvalue weighted by Crippen LogP contribution is -2.51. The Balaban J connectivity index is 1.41. The molecule has 0 aromatic carbocycles. The van der Waals surface area contributed by atoms with Gasteiger partial charge in [0.2, 0.25) is 5.91 Å². The van der Waals surface area contributed by atoms with Crippen molar-refractivity contribution in [3.05, 3.63) is 12.4 Å². The Morgan fingerprint density at radius 1 is 1.22 bits per heavy atom. The van der Waals surface area contributed by atoms with Gasteiger partial charge < -0.3 is 10.4 Å². The van der Waals surface area contributed by atoms with Crippen LogP contribution in [0.1, 0.15) is 51.0 Å². The summed E-state index contributed by atoms with van der Waals surface area (Å²) < 4.78 is 1.68. The standard InChI is InChI=1S/C16H22N4O3/c21-14(11-8-16(9-11)2-1-3-16)18-12-6-10(15(22)23)7-13(12)20-5-4-17-19-20/h4-5,10-13H,1-3,6-9H2,(H,18,21)(H,22,23)/t10?,12-,13+/m1/s1. The quantitative estimate of drug-likeness (QED) is 0.874. The molecule has 1 aromatic heterocycles. The van der Waals surface area contributed by atoms with Gasteiger partial charge in [0.15, 0.2) is 0 Å². The number of carbonyl (C=O) groups excluding carboxylic acids is 1. The largest absolute Gasteiger partial charge is 0.481 e. The number of carboxylic acids is 1. The monoisotopic (exact) mass is 318 g/mol. The summed E-state index contributed by atoms with van der Waals surface area (Å²) in [6.45, 7) is 0. The maximum Gasteiger partial charge on any atom is 0.306 e. The minimum atomic E-state index is -0.802. The molecule has 4 rings (SSSR count). The molecule has 23 heavy (non-hydrogen) atoms. The van der Waals surface area contributed by atoms with Crippen LogP contribution in [0.2, 0.25) is 0 Å². The van der Waals surface area contributed by atoms with E-state index in [0.29, 0.717) is 18.3 Å². The predicted octanol–water partition coefficient (Wildman–Crippen LogP) is 1.38. The molecule has 1 spiro atoms. The van der Waals surface area contributed by atoms with E-state index in [2.05, 4.69) is 15.6 Å². The van der Waals surface area contributed by atoms with Crippen LogP contribution in [0.4, 0.5) is 0 Å². The first-order valence-electron chi connectivity index (χ1n) is 8.45. The van der Waals surface area contributed by atoms with Crippen molar-refractivity contribution in [3.63, 3.8) is 0 Å². The van der Waals surface area contributed by atoms with Crippen LogP contribution in [-0.4, -0.2) is 38.0 Å². The molecule has 3 saturated carbocycles. The van der Waals surface area contributed by atoms with E-state index in [1.54, 1.807) is 17.1 Å². The highest BCUT2D eigenvalue weighted by Crippen LogP contribution is 2.58. The Morgan fingerprint density at radius 3 is 2.57 bits per heavy atom. The molecule has 7 nitrogen and oxygen atoms in total. The number of aliphatic carboxylic acids is 1. The van der Waals surface area contributed by atoms with Gasteiger partial charge in [-0.15, -0.1) is 5.10 Å². The van der Waals surface area contributed by atoms with Gasteiger partial charge in [-0.1, -0.05) is 11.6 Å². The number of amides is 1. The Morgan fingerprint density at radius 2 is 2.00 bits per heavy atom. The maximum absolute atomic E-state index is 12.5. The van der Waals surface area contributed by atoms with Gasteiger partial charge in [-0.05, 0) is 43.9 Å².